The maximum absolute atomic E-state index is 13.9. The standard InChI is InChI=1S/C30H28F7N4O6P/c1-18(21-13-22(29(32,33)34)15-23(14-21)30(35,36)37)47-27-26(20-7-9-24(31)10-8-20)40(11-12-45-27)16-25-38-39-28(42)41(25)48(43,44)46-17-19-5-3-2-4-6-19/h2-10,13-15,18,26-27H,11-12,16-17H2,1H3,(H,39,42)(H,43,44)/t18-,26+,27-/m0/s1. The molecule has 0 saturated carbocycles. The molecule has 1 saturated heterocycles. The van der Waals surface area contributed by atoms with Gasteiger partial charge in [-0.15, -0.1) is 0 Å². The van der Waals surface area contributed by atoms with E-state index < -0.39 is 66.7 Å². The molecule has 1 fully saturated rings. The molecule has 1 aliphatic rings. The van der Waals surface area contributed by atoms with Gasteiger partial charge in [-0.05, 0) is 53.9 Å². The maximum atomic E-state index is 13.9. The summed E-state index contributed by atoms with van der Waals surface area (Å²) in [4.78, 5) is 25.0. The fourth-order valence-corrected chi connectivity index (χ4v) is 6.27. The van der Waals surface area contributed by atoms with E-state index in [0.717, 1.165) is 12.1 Å². The predicted molar refractivity (Wildman–Crippen MR) is 155 cm³/mol. The molecule has 0 aliphatic carbocycles. The highest BCUT2D eigenvalue weighted by molar-refractivity contribution is 7.51. The molecule has 0 radical (unpaired) electrons. The number of hydrogen-bond acceptors (Lipinski definition) is 7. The van der Waals surface area contributed by atoms with Gasteiger partial charge in [0.05, 0.1) is 43.0 Å². The Morgan fingerprint density at radius 1 is 1.02 bits per heavy atom. The fourth-order valence-electron chi connectivity index (χ4n) is 5.16. The molecule has 3 aromatic carbocycles. The molecule has 48 heavy (non-hydrogen) atoms. The maximum Gasteiger partial charge on any atom is 0.442 e. The lowest BCUT2D eigenvalue weighted by Crippen LogP contribution is -2.46. The molecule has 1 unspecified atom stereocenters. The van der Waals surface area contributed by atoms with E-state index in [0.29, 0.717) is 27.6 Å². The summed E-state index contributed by atoms with van der Waals surface area (Å²) in [5.41, 5.74) is -3.64. The first-order valence-electron chi connectivity index (χ1n) is 14.3. The van der Waals surface area contributed by atoms with Gasteiger partial charge in [0.25, 0.3) is 0 Å². The quantitative estimate of drug-likeness (QED) is 0.140. The first kappa shape index (κ1) is 35.4. The van der Waals surface area contributed by atoms with E-state index in [9.17, 15) is 45.0 Å². The van der Waals surface area contributed by atoms with Crippen molar-refractivity contribution in [2.75, 3.05) is 13.2 Å². The Hall–Kier alpha value is -3.86. The first-order valence-corrected chi connectivity index (χ1v) is 15.8. The molecule has 258 valence electrons. The Bertz CT molecular complexity index is 1780. The summed E-state index contributed by atoms with van der Waals surface area (Å²) in [6.07, 6.45) is -12.9. The number of benzene rings is 3. The van der Waals surface area contributed by atoms with Crippen LogP contribution >= 0.6 is 7.75 Å². The summed E-state index contributed by atoms with van der Waals surface area (Å²) < 4.78 is 126. The largest absolute Gasteiger partial charge is 0.442 e. The van der Waals surface area contributed by atoms with Crippen molar-refractivity contribution in [1.82, 2.24) is 19.4 Å². The zero-order valence-corrected chi connectivity index (χ0v) is 25.8. The Labute approximate surface area is 268 Å². The molecule has 4 atom stereocenters. The summed E-state index contributed by atoms with van der Waals surface area (Å²) >= 11 is 0. The molecule has 1 aliphatic heterocycles. The minimum atomic E-state index is -5.08. The highest BCUT2D eigenvalue weighted by Crippen LogP contribution is 2.45. The number of halogens is 7. The Kier molecular flexibility index (Phi) is 10.3. The highest BCUT2D eigenvalue weighted by Gasteiger charge is 2.40. The first-order chi connectivity index (χ1) is 22.5. The second kappa shape index (κ2) is 13.9. The van der Waals surface area contributed by atoms with Crippen LogP contribution in [-0.4, -0.2) is 43.8 Å². The third-order valence-corrected chi connectivity index (χ3v) is 8.88. The zero-order valence-electron chi connectivity index (χ0n) is 24.9. The fraction of sp³-hybridized carbons (Fsp3) is 0.333. The van der Waals surface area contributed by atoms with E-state index in [-0.39, 0.29) is 38.2 Å². The molecule has 2 N–H and O–H groups in total. The molecule has 5 rings (SSSR count). The number of nitrogens with one attached hydrogen (secondary N) is 1. The number of alkyl halides is 6. The van der Waals surface area contributed by atoms with Gasteiger partial charge in [0.1, 0.15) is 5.82 Å². The second-order valence-electron chi connectivity index (χ2n) is 10.8. The van der Waals surface area contributed by atoms with Crippen molar-refractivity contribution in [1.29, 1.82) is 0 Å². The van der Waals surface area contributed by atoms with Crippen LogP contribution in [-0.2, 0) is 44.1 Å². The van der Waals surface area contributed by atoms with Crippen LogP contribution in [0.1, 0.15) is 52.7 Å². The molecule has 0 spiro atoms. The van der Waals surface area contributed by atoms with E-state index in [1.54, 1.807) is 35.2 Å². The van der Waals surface area contributed by atoms with Crippen LogP contribution in [0.4, 0.5) is 30.7 Å². The summed E-state index contributed by atoms with van der Waals surface area (Å²) in [5.74, 6) is -0.846. The molecule has 10 nitrogen and oxygen atoms in total. The van der Waals surface area contributed by atoms with Gasteiger partial charge in [-0.25, -0.2) is 18.8 Å². The van der Waals surface area contributed by atoms with E-state index >= 15 is 0 Å². The number of nitrogens with zero attached hydrogens (tertiary/aromatic N) is 3. The van der Waals surface area contributed by atoms with Gasteiger partial charge < -0.3 is 14.4 Å². The number of ether oxygens (including phenoxy) is 2. The van der Waals surface area contributed by atoms with E-state index in [1.807, 2.05) is 0 Å². The number of aromatic nitrogens is 3. The smallest absolute Gasteiger partial charge is 0.349 e. The lowest BCUT2D eigenvalue weighted by molar-refractivity contribution is -0.231. The second-order valence-corrected chi connectivity index (χ2v) is 12.5. The van der Waals surface area contributed by atoms with Gasteiger partial charge in [0.2, 0.25) is 0 Å². The number of hydrogen-bond donors (Lipinski definition) is 2. The van der Waals surface area contributed by atoms with Gasteiger partial charge in [0, 0.05) is 6.54 Å². The minimum Gasteiger partial charge on any atom is -0.349 e. The summed E-state index contributed by atoms with van der Waals surface area (Å²) in [6.45, 7) is 0.610. The SMILES string of the molecule is C[C@H](O[C@@H]1OCCN(Cc2n[nH]c(=O)n2P(=O)(O)OCc2ccccc2)[C@@H]1c1ccc(F)cc1)c1cc(C(F)(F)F)cc(C(F)(F)F)c1. The number of morpholine rings is 1. The van der Waals surface area contributed by atoms with Gasteiger partial charge in [-0.3, -0.25) is 9.42 Å². The molecular formula is C30H28F7N4O6P. The lowest BCUT2D eigenvalue weighted by Gasteiger charge is -2.41. The third kappa shape index (κ3) is 8.22. The van der Waals surface area contributed by atoms with E-state index in [2.05, 4.69) is 10.2 Å². The van der Waals surface area contributed by atoms with Crippen molar-refractivity contribution in [3.8, 4) is 0 Å². The Morgan fingerprint density at radius 3 is 2.25 bits per heavy atom. The van der Waals surface area contributed by atoms with Crippen molar-refractivity contribution >= 4 is 7.75 Å². The van der Waals surface area contributed by atoms with Crippen LogP contribution in [0.25, 0.3) is 0 Å². The average molecular weight is 705 g/mol. The van der Waals surface area contributed by atoms with E-state index in [1.165, 1.54) is 19.1 Å². The molecule has 18 heteroatoms. The molecule has 0 bridgehead atoms. The van der Waals surface area contributed by atoms with Crippen molar-refractivity contribution in [2.45, 2.75) is 50.9 Å². The van der Waals surface area contributed by atoms with Crippen molar-refractivity contribution in [2.24, 2.45) is 0 Å². The zero-order chi connectivity index (χ0) is 34.9. The third-order valence-electron chi connectivity index (χ3n) is 7.50. The van der Waals surface area contributed by atoms with Gasteiger partial charge >= 0.3 is 25.8 Å². The lowest BCUT2D eigenvalue weighted by atomic mass is 10.0. The van der Waals surface area contributed by atoms with Crippen molar-refractivity contribution in [3.63, 3.8) is 0 Å². The summed E-state index contributed by atoms with van der Waals surface area (Å²) in [7, 11) is -4.83. The normalized spacial score (nSPS) is 19.6. The molecule has 1 aromatic heterocycles. The van der Waals surface area contributed by atoms with Gasteiger partial charge in [-0.1, -0.05) is 42.5 Å². The van der Waals surface area contributed by atoms with Crippen LogP contribution in [0.3, 0.4) is 0 Å². The van der Waals surface area contributed by atoms with Gasteiger partial charge in [0.15, 0.2) is 12.1 Å². The van der Waals surface area contributed by atoms with Gasteiger partial charge in [-0.2, -0.15) is 35.8 Å². The molecule has 2 heterocycles. The van der Waals surface area contributed by atoms with Crippen LogP contribution in [0, 0.1) is 5.82 Å². The minimum absolute atomic E-state index is 0.00319. The Morgan fingerprint density at radius 2 is 1.65 bits per heavy atom. The van der Waals surface area contributed by atoms with Crippen LogP contribution in [0.2, 0.25) is 0 Å². The Balaban J connectivity index is 1.45. The number of H-pyrrole nitrogens is 1. The van der Waals surface area contributed by atoms with E-state index in [4.69, 9.17) is 14.0 Å². The van der Waals surface area contributed by atoms with Crippen molar-refractivity contribution in [3.05, 3.63) is 123 Å². The summed E-state index contributed by atoms with van der Waals surface area (Å²) in [5, 5.41) is 6.00. The number of aromatic amines is 1. The van der Waals surface area contributed by atoms with Crippen molar-refractivity contribution < 1.29 is 54.2 Å². The monoisotopic (exact) mass is 704 g/mol. The topological polar surface area (TPSA) is 119 Å². The van der Waals surface area contributed by atoms with Crippen LogP contribution < -0.4 is 5.69 Å². The predicted octanol–water partition coefficient (Wildman–Crippen LogP) is 6.59. The number of rotatable bonds is 10. The highest BCUT2D eigenvalue weighted by atomic mass is 31.2. The average Bonchev–Trinajstić information content (AvgIpc) is 3.40. The molecule has 0 amide bonds. The van der Waals surface area contributed by atoms with Crippen LogP contribution in [0.5, 0.6) is 0 Å². The van der Waals surface area contributed by atoms with Crippen LogP contribution in [0.15, 0.2) is 77.6 Å². The molecule has 4 aromatic rings. The molecular weight excluding hydrogens is 676 g/mol. The summed E-state index contributed by atoms with van der Waals surface area (Å²) in [6, 6.07) is 13.4.